The third-order valence-corrected chi connectivity index (χ3v) is 6.05. The van der Waals surface area contributed by atoms with Gasteiger partial charge in [-0.25, -0.2) is 0 Å². The predicted molar refractivity (Wildman–Crippen MR) is 89.5 cm³/mol. The molecule has 1 saturated heterocycles. The van der Waals surface area contributed by atoms with E-state index in [1.165, 1.54) is 29.7 Å². The van der Waals surface area contributed by atoms with Crippen LogP contribution in [0, 0.1) is 5.92 Å². The number of carbonyl (C=O) groups is 1. The smallest absolute Gasteiger partial charge is 0.261 e. The molecule has 1 aromatic heterocycles. The van der Waals surface area contributed by atoms with Gasteiger partial charge in [-0.2, -0.15) is 0 Å². The quantitative estimate of drug-likeness (QED) is 0.872. The first-order valence-corrected chi connectivity index (χ1v) is 9.23. The summed E-state index contributed by atoms with van der Waals surface area (Å²) in [6, 6.07) is 2.03. The molecule has 22 heavy (non-hydrogen) atoms. The average Bonchev–Trinajstić information content (AvgIpc) is 3.08. The number of aliphatic hydroxyl groups excluding tert-OH is 1. The van der Waals surface area contributed by atoms with E-state index in [1.54, 1.807) is 11.3 Å². The number of hydrogen-bond acceptors (Lipinski definition) is 4. The first-order chi connectivity index (χ1) is 10.6. The molecular formula is C17H26N2O2S. The first kappa shape index (κ1) is 16.0. The Morgan fingerprint density at radius 3 is 2.95 bits per heavy atom. The number of aliphatic hydroxyl groups is 1. The van der Waals surface area contributed by atoms with Crippen LogP contribution >= 0.6 is 11.3 Å². The Kier molecular flexibility index (Phi) is 5.16. The molecule has 1 aliphatic heterocycles. The molecule has 0 spiro atoms. The third-order valence-electron chi connectivity index (χ3n) is 4.81. The summed E-state index contributed by atoms with van der Waals surface area (Å²) >= 11 is 1.61. The van der Waals surface area contributed by atoms with Crippen LogP contribution < -0.4 is 5.32 Å². The molecule has 1 amide bonds. The number of fused-ring (bicyclic) bond motifs is 1. The average molecular weight is 322 g/mol. The number of nitrogens with zero attached hydrogens (tertiary/aromatic N) is 1. The van der Waals surface area contributed by atoms with Crippen LogP contribution in [0.2, 0.25) is 0 Å². The number of hydrogen-bond donors (Lipinski definition) is 2. The highest BCUT2D eigenvalue weighted by atomic mass is 32.1. The molecule has 1 aromatic rings. The summed E-state index contributed by atoms with van der Waals surface area (Å²) in [7, 11) is 0. The number of piperidine rings is 1. The Morgan fingerprint density at radius 2 is 2.23 bits per heavy atom. The lowest BCUT2D eigenvalue weighted by Gasteiger charge is -2.31. The zero-order valence-corrected chi connectivity index (χ0v) is 14.1. The second kappa shape index (κ2) is 7.11. The standard InChI is InChI=1S/C17H26N2O2S/c1-12-5-7-19(8-6-12)11-14(20)10-18-17(21)16-9-13-3-2-4-15(13)22-16/h9,12,14,20H,2-8,10-11H2,1H3,(H,18,21). The molecule has 3 rings (SSSR count). The van der Waals surface area contributed by atoms with Crippen molar-refractivity contribution in [2.24, 2.45) is 5.92 Å². The van der Waals surface area contributed by atoms with E-state index >= 15 is 0 Å². The second-order valence-corrected chi connectivity index (χ2v) is 7.90. The van der Waals surface area contributed by atoms with Crippen molar-refractivity contribution in [3.63, 3.8) is 0 Å². The van der Waals surface area contributed by atoms with Crippen molar-refractivity contribution in [1.82, 2.24) is 10.2 Å². The van der Waals surface area contributed by atoms with Crippen LogP contribution in [0.4, 0.5) is 0 Å². The molecule has 4 nitrogen and oxygen atoms in total. The van der Waals surface area contributed by atoms with Crippen molar-refractivity contribution in [1.29, 1.82) is 0 Å². The van der Waals surface area contributed by atoms with Gasteiger partial charge in [-0.05, 0) is 62.7 Å². The van der Waals surface area contributed by atoms with Gasteiger partial charge in [0, 0.05) is 18.0 Å². The van der Waals surface area contributed by atoms with Gasteiger partial charge >= 0.3 is 0 Å². The fourth-order valence-corrected chi connectivity index (χ4v) is 4.52. The summed E-state index contributed by atoms with van der Waals surface area (Å²) in [5.41, 5.74) is 1.35. The summed E-state index contributed by atoms with van der Waals surface area (Å²) < 4.78 is 0. The highest BCUT2D eigenvalue weighted by Gasteiger charge is 2.21. The lowest BCUT2D eigenvalue weighted by Crippen LogP contribution is -2.42. The molecule has 1 atom stereocenters. The van der Waals surface area contributed by atoms with Crippen LogP contribution in [0.1, 0.15) is 46.3 Å². The van der Waals surface area contributed by atoms with E-state index in [0.29, 0.717) is 13.1 Å². The number of nitrogens with one attached hydrogen (secondary N) is 1. The SMILES string of the molecule is CC1CCN(CC(O)CNC(=O)c2cc3c(s2)CCC3)CC1. The molecule has 0 saturated carbocycles. The first-order valence-electron chi connectivity index (χ1n) is 8.42. The lowest BCUT2D eigenvalue weighted by molar-refractivity contribution is 0.0797. The van der Waals surface area contributed by atoms with E-state index in [9.17, 15) is 9.90 Å². The van der Waals surface area contributed by atoms with Gasteiger partial charge in [-0.15, -0.1) is 11.3 Å². The molecular weight excluding hydrogens is 296 g/mol. The van der Waals surface area contributed by atoms with Crippen molar-refractivity contribution in [2.75, 3.05) is 26.2 Å². The van der Waals surface area contributed by atoms with E-state index in [0.717, 1.165) is 36.7 Å². The zero-order valence-electron chi connectivity index (χ0n) is 13.3. The molecule has 2 heterocycles. The number of aryl methyl sites for hydroxylation is 2. The summed E-state index contributed by atoms with van der Waals surface area (Å²) in [4.78, 5) is 16.6. The van der Waals surface area contributed by atoms with Crippen LogP contribution in [0.3, 0.4) is 0 Å². The van der Waals surface area contributed by atoms with Gasteiger partial charge in [-0.3, -0.25) is 4.79 Å². The minimum Gasteiger partial charge on any atom is -0.390 e. The summed E-state index contributed by atoms with van der Waals surface area (Å²) in [6.45, 7) is 5.40. The number of thiophene rings is 1. The maximum absolute atomic E-state index is 12.2. The van der Waals surface area contributed by atoms with E-state index in [-0.39, 0.29) is 5.91 Å². The van der Waals surface area contributed by atoms with Crippen LogP contribution in [0.5, 0.6) is 0 Å². The molecule has 1 unspecified atom stereocenters. The number of carbonyl (C=O) groups excluding carboxylic acids is 1. The zero-order chi connectivity index (χ0) is 15.5. The van der Waals surface area contributed by atoms with Crippen molar-refractivity contribution in [2.45, 2.75) is 45.1 Å². The van der Waals surface area contributed by atoms with Crippen LogP contribution in [-0.2, 0) is 12.8 Å². The monoisotopic (exact) mass is 322 g/mol. The van der Waals surface area contributed by atoms with Crippen molar-refractivity contribution in [3.8, 4) is 0 Å². The van der Waals surface area contributed by atoms with Crippen molar-refractivity contribution >= 4 is 17.2 Å². The molecule has 5 heteroatoms. The van der Waals surface area contributed by atoms with Gasteiger partial charge in [-0.1, -0.05) is 6.92 Å². The number of β-amino-alcohol motifs (C(OH)–C–C–N with tert-alkyl or cyclic N) is 1. The fraction of sp³-hybridized carbons (Fsp3) is 0.706. The Balaban J connectivity index is 1.42. The molecule has 2 aliphatic rings. The number of amides is 1. The molecule has 1 fully saturated rings. The third kappa shape index (κ3) is 3.89. The topological polar surface area (TPSA) is 52.6 Å². The number of rotatable bonds is 5. The van der Waals surface area contributed by atoms with Gasteiger partial charge in [0.25, 0.3) is 5.91 Å². The Labute approximate surface area is 136 Å². The molecule has 1 aliphatic carbocycles. The van der Waals surface area contributed by atoms with Gasteiger partial charge in [0.15, 0.2) is 0 Å². The van der Waals surface area contributed by atoms with Crippen LogP contribution in [-0.4, -0.2) is 48.2 Å². The minimum atomic E-state index is -0.482. The minimum absolute atomic E-state index is 0.0364. The van der Waals surface area contributed by atoms with E-state index in [4.69, 9.17) is 0 Å². The second-order valence-electron chi connectivity index (χ2n) is 6.76. The Hall–Kier alpha value is -0.910. The highest BCUT2D eigenvalue weighted by Crippen LogP contribution is 2.30. The number of likely N-dealkylation sites (tertiary alicyclic amines) is 1. The van der Waals surface area contributed by atoms with Crippen LogP contribution in [0.25, 0.3) is 0 Å². The van der Waals surface area contributed by atoms with Crippen molar-refractivity contribution < 1.29 is 9.90 Å². The summed E-state index contributed by atoms with van der Waals surface area (Å²) in [5.74, 6) is 0.764. The van der Waals surface area contributed by atoms with E-state index in [2.05, 4.69) is 17.1 Å². The molecule has 0 aromatic carbocycles. The maximum Gasteiger partial charge on any atom is 0.261 e. The summed E-state index contributed by atoms with van der Waals surface area (Å²) in [5, 5.41) is 13.0. The fourth-order valence-electron chi connectivity index (χ4n) is 3.35. The normalized spacial score (nSPS) is 20.8. The van der Waals surface area contributed by atoms with Gasteiger partial charge in [0.05, 0.1) is 11.0 Å². The van der Waals surface area contributed by atoms with Crippen LogP contribution in [0.15, 0.2) is 6.07 Å². The molecule has 2 N–H and O–H groups in total. The van der Waals surface area contributed by atoms with Gasteiger partial charge in [0.2, 0.25) is 0 Å². The van der Waals surface area contributed by atoms with E-state index < -0.39 is 6.10 Å². The molecule has 122 valence electrons. The predicted octanol–water partition coefficient (Wildman–Crippen LogP) is 2.06. The Bertz CT molecular complexity index is 499. The van der Waals surface area contributed by atoms with E-state index in [1.807, 2.05) is 6.07 Å². The lowest BCUT2D eigenvalue weighted by atomic mass is 9.99. The largest absolute Gasteiger partial charge is 0.390 e. The van der Waals surface area contributed by atoms with Gasteiger partial charge in [0.1, 0.15) is 0 Å². The highest BCUT2D eigenvalue weighted by molar-refractivity contribution is 7.14. The maximum atomic E-state index is 12.2. The molecule has 0 bridgehead atoms. The van der Waals surface area contributed by atoms with Gasteiger partial charge < -0.3 is 15.3 Å². The summed E-state index contributed by atoms with van der Waals surface area (Å²) in [6.07, 6.45) is 5.37. The van der Waals surface area contributed by atoms with Crippen molar-refractivity contribution in [3.05, 3.63) is 21.4 Å². The Morgan fingerprint density at radius 1 is 1.45 bits per heavy atom. The molecule has 0 radical (unpaired) electrons.